The van der Waals surface area contributed by atoms with E-state index in [0.29, 0.717) is 36.9 Å². The molecule has 3 aromatic heterocycles. The van der Waals surface area contributed by atoms with E-state index in [-0.39, 0.29) is 17.4 Å². The first-order valence-corrected chi connectivity index (χ1v) is 9.35. The van der Waals surface area contributed by atoms with Gasteiger partial charge in [-0.1, -0.05) is 23.4 Å². The van der Waals surface area contributed by atoms with E-state index in [1.807, 2.05) is 36.4 Å². The minimum absolute atomic E-state index is 0.0265. The highest BCUT2D eigenvalue weighted by atomic mass is 16.5. The summed E-state index contributed by atoms with van der Waals surface area (Å²) in [6.45, 7) is 0.973. The Bertz CT molecular complexity index is 1250. The minimum atomic E-state index is -0.435. The Morgan fingerprint density at radius 1 is 1.17 bits per heavy atom. The summed E-state index contributed by atoms with van der Waals surface area (Å²) in [6, 6.07) is 14.7. The maximum atomic E-state index is 12.9. The van der Waals surface area contributed by atoms with Gasteiger partial charge in [-0.3, -0.25) is 9.59 Å². The number of hydrogen-bond donors (Lipinski definition) is 1. The number of fused-ring (bicyclic) bond motifs is 1. The van der Waals surface area contributed by atoms with Crippen LogP contribution in [0.3, 0.4) is 0 Å². The molecule has 1 amide bonds. The van der Waals surface area contributed by atoms with Crippen molar-refractivity contribution in [3.8, 4) is 11.5 Å². The average Bonchev–Trinajstić information content (AvgIpc) is 3.43. The van der Waals surface area contributed by atoms with Crippen molar-refractivity contribution in [3.63, 3.8) is 0 Å². The maximum absolute atomic E-state index is 12.9. The normalized spacial score (nSPS) is 16.4. The number of H-pyrrole nitrogens is 1. The van der Waals surface area contributed by atoms with E-state index in [1.54, 1.807) is 23.2 Å². The first kappa shape index (κ1) is 17.3. The zero-order chi connectivity index (χ0) is 19.8. The monoisotopic (exact) mass is 387 g/mol. The Morgan fingerprint density at radius 3 is 2.90 bits per heavy atom. The second kappa shape index (κ2) is 6.97. The molecule has 1 N–H and O–H groups in total. The summed E-state index contributed by atoms with van der Waals surface area (Å²) in [5.74, 6) is 0.715. The van der Waals surface area contributed by atoms with Crippen molar-refractivity contribution in [1.29, 1.82) is 0 Å². The van der Waals surface area contributed by atoms with Gasteiger partial charge in [-0.05, 0) is 36.8 Å². The van der Waals surface area contributed by atoms with E-state index >= 15 is 0 Å². The van der Waals surface area contributed by atoms with E-state index in [9.17, 15) is 9.59 Å². The van der Waals surface area contributed by atoms with Gasteiger partial charge in [0.1, 0.15) is 11.2 Å². The fourth-order valence-electron chi connectivity index (χ4n) is 3.62. The molecule has 1 aromatic carbocycles. The summed E-state index contributed by atoms with van der Waals surface area (Å²) in [4.78, 5) is 38.2. The molecule has 0 bridgehead atoms. The van der Waals surface area contributed by atoms with Gasteiger partial charge in [-0.15, -0.1) is 0 Å². The van der Waals surface area contributed by atoms with Crippen LogP contribution in [0, 0.1) is 0 Å². The Balaban J connectivity index is 1.36. The number of nitrogens with zero attached hydrogens (tertiary/aromatic N) is 4. The number of rotatable bonds is 3. The van der Waals surface area contributed by atoms with Crippen molar-refractivity contribution < 1.29 is 9.32 Å². The summed E-state index contributed by atoms with van der Waals surface area (Å²) >= 11 is 0. The smallest absolute Gasteiger partial charge is 0.262 e. The predicted molar refractivity (Wildman–Crippen MR) is 105 cm³/mol. The van der Waals surface area contributed by atoms with E-state index in [1.165, 1.54) is 0 Å². The molecule has 29 heavy (non-hydrogen) atoms. The lowest BCUT2D eigenvalue weighted by Crippen LogP contribution is -2.33. The van der Waals surface area contributed by atoms with Crippen LogP contribution >= 0.6 is 0 Å². The van der Waals surface area contributed by atoms with Crippen molar-refractivity contribution in [2.45, 2.75) is 12.3 Å². The summed E-state index contributed by atoms with van der Waals surface area (Å²) in [5.41, 5.74) is 1.00. The number of hydrogen-bond acceptors (Lipinski definition) is 6. The number of likely N-dealkylation sites (tertiary alicyclic amines) is 1. The summed E-state index contributed by atoms with van der Waals surface area (Å²) < 4.78 is 5.38. The molecule has 4 heterocycles. The predicted octanol–water partition coefficient (Wildman–Crippen LogP) is 2.60. The van der Waals surface area contributed by atoms with Crippen LogP contribution in [0.4, 0.5) is 0 Å². The topological polar surface area (TPSA) is 105 Å². The molecule has 1 atom stereocenters. The highest BCUT2D eigenvalue weighted by Crippen LogP contribution is 2.28. The molecule has 1 aliphatic rings. The number of nitrogens with one attached hydrogen (secondary N) is 1. The molecular weight excluding hydrogens is 370 g/mol. The lowest BCUT2D eigenvalue weighted by atomic mass is 10.1. The van der Waals surface area contributed by atoms with E-state index in [0.717, 1.165) is 10.9 Å². The van der Waals surface area contributed by atoms with Crippen molar-refractivity contribution >= 4 is 16.9 Å². The zero-order valence-electron chi connectivity index (χ0n) is 15.4. The Hall–Kier alpha value is -3.81. The van der Waals surface area contributed by atoms with Crippen LogP contribution in [0.25, 0.3) is 22.5 Å². The molecule has 144 valence electrons. The Kier molecular flexibility index (Phi) is 4.16. The molecule has 8 heteroatoms. The Labute approximate surface area is 165 Å². The quantitative estimate of drug-likeness (QED) is 0.579. The summed E-state index contributed by atoms with van der Waals surface area (Å²) in [5, 5.41) is 4.82. The highest BCUT2D eigenvalue weighted by molar-refractivity contribution is 5.96. The fraction of sp³-hybridized carbons (Fsp3) is 0.190. The molecule has 0 spiro atoms. The zero-order valence-corrected chi connectivity index (χ0v) is 15.4. The molecular formula is C21H17N5O3. The van der Waals surface area contributed by atoms with Gasteiger partial charge in [-0.2, -0.15) is 4.98 Å². The molecule has 1 saturated heterocycles. The summed E-state index contributed by atoms with van der Waals surface area (Å²) in [7, 11) is 0. The molecule has 1 aliphatic heterocycles. The molecule has 0 radical (unpaired) electrons. The maximum Gasteiger partial charge on any atom is 0.262 e. The van der Waals surface area contributed by atoms with Gasteiger partial charge < -0.3 is 14.4 Å². The van der Waals surface area contributed by atoms with Crippen molar-refractivity contribution in [3.05, 3.63) is 76.5 Å². The first-order valence-electron chi connectivity index (χ1n) is 9.35. The molecule has 8 nitrogen and oxygen atoms in total. The van der Waals surface area contributed by atoms with Gasteiger partial charge in [0.25, 0.3) is 17.4 Å². The van der Waals surface area contributed by atoms with Crippen LogP contribution in [-0.2, 0) is 0 Å². The second-order valence-corrected chi connectivity index (χ2v) is 7.01. The van der Waals surface area contributed by atoms with Gasteiger partial charge in [-0.25, -0.2) is 4.98 Å². The number of amides is 1. The highest BCUT2D eigenvalue weighted by Gasteiger charge is 2.32. The third-order valence-corrected chi connectivity index (χ3v) is 5.15. The van der Waals surface area contributed by atoms with E-state index < -0.39 is 5.56 Å². The van der Waals surface area contributed by atoms with Gasteiger partial charge >= 0.3 is 0 Å². The SMILES string of the molecule is O=C(c1cc2cccnc2[nH]c1=O)N1CC[C@@H](c2noc(-c3ccccc3)n2)C1. The molecule has 5 rings (SSSR count). The number of aromatic amines is 1. The third kappa shape index (κ3) is 3.18. The third-order valence-electron chi connectivity index (χ3n) is 5.15. The largest absolute Gasteiger partial charge is 0.338 e. The van der Waals surface area contributed by atoms with E-state index in [4.69, 9.17) is 4.52 Å². The minimum Gasteiger partial charge on any atom is -0.338 e. The Morgan fingerprint density at radius 2 is 2.03 bits per heavy atom. The average molecular weight is 387 g/mol. The second-order valence-electron chi connectivity index (χ2n) is 7.01. The fourth-order valence-corrected chi connectivity index (χ4v) is 3.62. The van der Waals surface area contributed by atoms with Gasteiger partial charge in [0, 0.05) is 36.2 Å². The lowest BCUT2D eigenvalue weighted by molar-refractivity contribution is 0.0789. The number of carbonyl (C=O) groups excluding carboxylic acids is 1. The van der Waals surface area contributed by atoms with Crippen LogP contribution in [0.15, 0.2) is 64.0 Å². The molecule has 0 unspecified atom stereocenters. The van der Waals surface area contributed by atoms with E-state index in [2.05, 4.69) is 20.1 Å². The van der Waals surface area contributed by atoms with Gasteiger partial charge in [0.2, 0.25) is 0 Å². The van der Waals surface area contributed by atoms with Crippen LogP contribution in [0.2, 0.25) is 0 Å². The first-order chi connectivity index (χ1) is 14.2. The summed E-state index contributed by atoms with van der Waals surface area (Å²) in [6.07, 6.45) is 2.31. The van der Waals surface area contributed by atoms with Crippen LogP contribution in [0.1, 0.15) is 28.5 Å². The molecule has 0 saturated carbocycles. The number of pyridine rings is 2. The molecule has 0 aliphatic carbocycles. The van der Waals surface area contributed by atoms with Gasteiger partial charge in [0.15, 0.2) is 5.82 Å². The van der Waals surface area contributed by atoms with Crippen molar-refractivity contribution in [2.24, 2.45) is 0 Å². The van der Waals surface area contributed by atoms with Crippen LogP contribution in [-0.4, -0.2) is 44.0 Å². The number of aromatic nitrogens is 4. The lowest BCUT2D eigenvalue weighted by Gasteiger charge is -2.15. The van der Waals surface area contributed by atoms with Crippen molar-refractivity contribution in [2.75, 3.05) is 13.1 Å². The van der Waals surface area contributed by atoms with Crippen LogP contribution < -0.4 is 5.56 Å². The number of benzene rings is 1. The van der Waals surface area contributed by atoms with Crippen molar-refractivity contribution in [1.82, 2.24) is 25.0 Å². The number of carbonyl (C=O) groups is 1. The van der Waals surface area contributed by atoms with Crippen LogP contribution in [0.5, 0.6) is 0 Å². The molecule has 4 aromatic rings. The van der Waals surface area contributed by atoms with Gasteiger partial charge in [0.05, 0.1) is 0 Å². The standard InChI is InChI=1S/C21H17N5O3/c27-19-16(11-14-7-4-9-22-17(14)23-19)21(28)26-10-8-15(12-26)18-24-20(29-25-18)13-5-2-1-3-6-13/h1-7,9,11,15H,8,10,12H2,(H,22,23,27)/t15-/m1/s1. The molecule has 1 fully saturated rings.